The summed E-state index contributed by atoms with van der Waals surface area (Å²) in [5.41, 5.74) is 0.909. The third-order valence-corrected chi connectivity index (χ3v) is 6.92. The van der Waals surface area contributed by atoms with E-state index in [0.717, 1.165) is 5.56 Å². The molecule has 4 rings (SSSR count). The van der Waals surface area contributed by atoms with Crippen molar-refractivity contribution >= 4 is 23.2 Å². The number of carbonyl (C=O) groups excluding carboxylic acids is 2. The van der Waals surface area contributed by atoms with Gasteiger partial charge >= 0.3 is 0 Å². The van der Waals surface area contributed by atoms with Gasteiger partial charge in [-0.2, -0.15) is 0 Å². The van der Waals surface area contributed by atoms with E-state index in [1.54, 1.807) is 34.4 Å². The number of benzene rings is 2. The van der Waals surface area contributed by atoms with Gasteiger partial charge in [-0.15, -0.1) is 11.3 Å². The highest BCUT2D eigenvalue weighted by atomic mass is 32.1. The summed E-state index contributed by atoms with van der Waals surface area (Å²) in [6.07, 6.45) is 0.700. The molecule has 3 aromatic rings. The van der Waals surface area contributed by atoms with Gasteiger partial charge in [0.05, 0.1) is 18.2 Å². The Kier molecular flexibility index (Phi) is 8.09. The van der Waals surface area contributed by atoms with Crippen LogP contribution in [0.1, 0.15) is 26.8 Å². The predicted molar refractivity (Wildman–Crippen MR) is 129 cm³/mol. The lowest BCUT2D eigenvalue weighted by Gasteiger charge is -2.37. The molecule has 0 aliphatic carbocycles. The van der Waals surface area contributed by atoms with Crippen molar-refractivity contribution in [3.8, 4) is 5.75 Å². The maximum Gasteiger partial charge on any atom is 0.257 e. The van der Waals surface area contributed by atoms with Gasteiger partial charge < -0.3 is 19.3 Å². The van der Waals surface area contributed by atoms with Gasteiger partial charge in [0.15, 0.2) is 0 Å². The number of hydrogen-bond donors (Lipinski definition) is 0. The van der Waals surface area contributed by atoms with Crippen LogP contribution in [-0.2, 0) is 16.0 Å². The number of fused-ring (bicyclic) bond motifs is 1. The van der Waals surface area contributed by atoms with Crippen molar-refractivity contribution in [3.63, 3.8) is 0 Å². The summed E-state index contributed by atoms with van der Waals surface area (Å²) in [6.45, 7) is 0.780. The molecule has 1 aliphatic rings. The minimum absolute atomic E-state index is 0.0913. The largest absolute Gasteiger partial charge is 0.491 e. The Labute approximate surface area is 206 Å². The maximum atomic E-state index is 14.3. The molecule has 0 radical (unpaired) electrons. The fourth-order valence-electron chi connectivity index (χ4n) is 4.09. The number of nitrogens with zero attached hydrogens (tertiary/aromatic N) is 2. The van der Waals surface area contributed by atoms with Crippen LogP contribution in [-0.4, -0.2) is 61.6 Å². The molecule has 0 fully saturated rings. The molecule has 35 heavy (non-hydrogen) atoms. The van der Waals surface area contributed by atoms with Crippen molar-refractivity contribution in [2.45, 2.75) is 12.5 Å². The first-order chi connectivity index (χ1) is 17.0. The number of thiophene rings is 1. The first kappa shape index (κ1) is 24.8. The molecule has 0 saturated carbocycles. The summed E-state index contributed by atoms with van der Waals surface area (Å²) in [4.78, 5) is 30.8. The average molecular weight is 501 g/mol. The molecule has 1 aliphatic heterocycles. The zero-order chi connectivity index (χ0) is 24.8. The van der Waals surface area contributed by atoms with Gasteiger partial charge in [0.25, 0.3) is 5.91 Å². The van der Waals surface area contributed by atoms with E-state index in [1.165, 1.54) is 47.2 Å². The number of amides is 2. The fourth-order valence-corrected chi connectivity index (χ4v) is 5.02. The molecular weight excluding hydrogens is 474 g/mol. The third kappa shape index (κ3) is 5.86. The Morgan fingerprint density at radius 1 is 1.11 bits per heavy atom. The predicted octanol–water partition coefficient (Wildman–Crippen LogP) is 4.32. The van der Waals surface area contributed by atoms with Gasteiger partial charge in [-0.05, 0) is 59.8 Å². The van der Waals surface area contributed by atoms with Crippen LogP contribution in [0.2, 0.25) is 0 Å². The Balaban J connectivity index is 1.53. The molecule has 1 atom stereocenters. The summed E-state index contributed by atoms with van der Waals surface area (Å²) in [5.74, 6) is -1.34. The van der Waals surface area contributed by atoms with E-state index in [0.29, 0.717) is 18.7 Å². The van der Waals surface area contributed by atoms with E-state index in [-0.39, 0.29) is 49.6 Å². The number of rotatable bonds is 9. The first-order valence-electron chi connectivity index (χ1n) is 11.2. The van der Waals surface area contributed by atoms with E-state index in [1.807, 2.05) is 11.4 Å². The number of methoxy groups -OCH3 is 1. The Morgan fingerprint density at radius 2 is 1.89 bits per heavy atom. The molecule has 0 bridgehead atoms. The summed E-state index contributed by atoms with van der Waals surface area (Å²) < 4.78 is 38.6. The summed E-state index contributed by atoms with van der Waals surface area (Å²) in [6, 6.07) is 13.0. The van der Waals surface area contributed by atoms with E-state index >= 15 is 0 Å². The summed E-state index contributed by atoms with van der Waals surface area (Å²) in [7, 11) is 1.50. The van der Waals surface area contributed by atoms with Gasteiger partial charge in [-0.3, -0.25) is 9.59 Å². The van der Waals surface area contributed by atoms with Crippen LogP contribution in [0.4, 0.5) is 8.78 Å². The Hall–Kier alpha value is -3.30. The van der Waals surface area contributed by atoms with Crippen LogP contribution >= 0.6 is 11.3 Å². The molecule has 0 N–H and O–H groups in total. The van der Waals surface area contributed by atoms with Crippen molar-refractivity contribution in [2.24, 2.45) is 0 Å². The molecule has 1 aromatic heterocycles. The third-order valence-electron chi connectivity index (χ3n) is 5.92. The molecule has 2 aromatic carbocycles. The topological polar surface area (TPSA) is 59.1 Å². The Morgan fingerprint density at radius 3 is 2.63 bits per heavy atom. The summed E-state index contributed by atoms with van der Waals surface area (Å²) in [5, 5.41) is 1.98. The van der Waals surface area contributed by atoms with Crippen LogP contribution in [0.15, 0.2) is 60.0 Å². The van der Waals surface area contributed by atoms with E-state index < -0.39 is 11.7 Å². The second-order valence-corrected chi connectivity index (χ2v) is 9.12. The molecule has 0 spiro atoms. The minimum Gasteiger partial charge on any atom is -0.491 e. The molecule has 184 valence electrons. The molecule has 2 heterocycles. The highest BCUT2D eigenvalue weighted by Gasteiger charge is 2.34. The van der Waals surface area contributed by atoms with Crippen molar-refractivity contribution in [1.82, 2.24) is 9.80 Å². The van der Waals surface area contributed by atoms with E-state index in [9.17, 15) is 18.4 Å². The molecule has 0 saturated heterocycles. The van der Waals surface area contributed by atoms with Crippen molar-refractivity contribution in [2.75, 3.05) is 40.0 Å². The second-order valence-electron chi connectivity index (χ2n) is 8.12. The van der Waals surface area contributed by atoms with E-state index in [2.05, 4.69) is 0 Å². The smallest absolute Gasteiger partial charge is 0.257 e. The fraction of sp³-hybridized carbons (Fsp3) is 0.308. The minimum atomic E-state index is -0.640. The van der Waals surface area contributed by atoms with Crippen LogP contribution < -0.4 is 4.74 Å². The lowest BCUT2D eigenvalue weighted by Crippen LogP contribution is -2.48. The van der Waals surface area contributed by atoms with Gasteiger partial charge in [0.2, 0.25) is 5.91 Å². The first-order valence-corrected chi connectivity index (χ1v) is 12.1. The molecular formula is C26H26F2N2O4S. The van der Waals surface area contributed by atoms with Crippen molar-refractivity contribution in [3.05, 3.63) is 87.6 Å². The average Bonchev–Trinajstić information content (AvgIpc) is 3.35. The normalized spacial score (nSPS) is 14.9. The second kappa shape index (κ2) is 11.4. The monoisotopic (exact) mass is 500 g/mol. The molecule has 6 nitrogen and oxygen atoms in total. The highest BCUT2D eigenvalue weighted by molar-refractivity contribution is 7.10. The summed E-state index contributed by atoms with van der Waals surface area (Å²) >= 11 is 1.63. The molecule has 2 amide bonds. The number of halogens is 2. The standard InChI is InChI=1S/C26H26F2N2O4S/c1-33-14-13-29(26(32)20-4-2-3-5-22(20)28)16-25(31)30-12-10-24-21(11-15-35-24)23(30)17-34-19-8-6-18(27)7-9-19/h2-9,11,15,23H,10,12-14,16-17H2,1H3/t23-/m1/s1. The van der Waals surface area contributed by atoms with Gasteiger partial charge in [-0.1, -0.05) is 12.1 Å². The number of carbonyl (C=O) groups is 2. The lowest BCUT2D eigenvalue weighted by molar-refractivity contribution is -0.135. The van der Waals surface area contributed by atoms with Crippen LogP contribution in [0.25, 0.3) is 0 Å². The zero-order valence-corrected chi connectivity index (χ0v) is 20.1. The molecule has 9 heteroatoms. The van der Waals surface area contributed by atoms with E-state index in [4.69, 9.17) is 9.47 Å². The Bertz CT molecular complexity index is 1170. The quantitative estimate of drug-likeness (QED) is 0.439. The van der Waals surface area contributed by atoms with Crippen LogP contribution in [0, 0.1) is 11.6 Å². The lowest BCUT2D eigenvalue weighted by atomic mass is 10.0. The van der Waals surface area contributed by atoms with Crippen molar-refractivity contribution < 1.29 is 27.8 Å². The number of ether oxygens (including phenoxy) is 2. The highest BCUT2D eigenvalue weighted by Crippen LogP contribution is 2.34. The van der Waals surface area contributed by atoms with Crippen LogP contribution in [0.3, 0.4) is 0 Å². The van der Waals surface area contributed by atoms with Gasteiger partial charge in [0.1, 0.15) is 30.5 Å². The van der Waals surface area contributed by atoms with Gasteiger partial charge in [0, 0.05) is 25.1 Å². The zero-order valence-electron chi connectivity index (χ0n) is 19.3. The SMILES string of the molecule is COCCN(CC(=O)N1CCc2sccc2[C@H]1COc1ccc(F)cc1)C(=O)c1ccccc1F. The molecule has 0 unspecified atom stereocenters. The van der Waals surface area contributed by atoms with Gasteiger partial charge in [-0.25, -0.2) is 8.78 Å². The maximum absolute atomic E-state index is 14.3. The number of hydrogen-bond acceptors (Lipinski definition) is 5. The van der Waals surface area contributed by atoms with Crippen LogP contribution in [0.5, 0.6) is 5.75 Å². The van der Waals surface area contributed by atoms with Crippen molar-refractivity contribution in [1.29, 1.82) is 0 Å².